The normalized spacial score (nSPS) is 27.2. The van der Waals surface area contributed by atoms with Gasteiger partial charge in [-0.2, -0.15) is 0 Å². The van der Waals surface area contributed by atoms with Gasteiger partial charge in [-0.25, -0.2) is 0 Å². The Labute approximate surface area is 290 Å². The maximum absolute atomic E-state index is 15.1. The highest BCUT2D eigenvalue weighted by Gasteiger charge is 2.66. The van der Waals surface area contributed by atoms with E-state index >= 15 is 4.79 Å². The number of carbonyl (C=O) groups is 5. The van der Waals surface area contributed by atoms with Crippen LogP contribution < -0.4 is 4.74 Å². The molecule has 2 amide bonds. The Morgan fingerprint density at radius 3 is 2.32 bits per heavy atom. The maximum Gasteiger partial charge on any atom is 0.303 e. The van der Waals surface area contributed by atoms with Gasteiger partial charge >= 0.3 is 5.97 Å². The zero-order valence-corrected chi connectivity index (χ0v) is 27.8. The number of Topliss-reactive ketones (excluding diaryl/α,β-unsaturated/α-hetero) is 1. The predicted octanol–water partition coefficient (Wildman–Crippen LogP) is 5.87. The van der Waals surface area contributed by atoms with Crippen LogP contribution >= 0.6 is 0 Å². The Morgan fingerprint density at radius 1 is 0.900 bits per heavy atom. The summed E-state index contributed by atoms with van der Waals surface area (Å²) in [5, 5.41) is 20.5. The fourth-order valence-corrected chi connectivity index (χ4v) is 9.12. The minimum Gasteiger partial charge on any atom is -0.508 e. The minimum absolute atomic E-state index is 0.0255. The summed E-state index contributed by atoms with van der Waals surface area (Å²) in [4.78, 5) is 70.4. The van der Waals surface area contributed by atoms with Crippen LogP contribution in [-0.4, -0.2) is 58.1 Å². The lowest BCUT2D eigenvalue weighted by atomic mass is 9.44. The molecule has 6 unspecified atom stereocenters. The molecule has 2 fully saturated rings. The first-order chi connectivity index (χ1) is 24.2. The molecule has 0 aromatic heterocycles. The van der Waals surface area contributed by atoms with Gasteiger partial charge < -0.3 is 14.9 Å². The topological polar surface area (TPSA) is 138 Å². The lowest BCUT2D eigenvalue weighted by Crippen LogP contribution is -2.58. The first-order valence-electron chi connectivity index (χ1n) is 17.2. The molecule has 1 heterocycles. The summed E-state index contributed by atoms with van der Waals surface area (Å²) in [6, 6.07) is 23.2. The lowest BCUT2D eigenvalue weighted by Gasteiger charge is -2.55. The molecule has 0 bridgehead atoms. The molecule has 4 aliphatic rings. The van der Waals surface area contributed by atoms with Crippen molar-refractivity contribution in [3.8, 4) is 11.5 Å². The smallest absolute Gasteiger partial charge is 0.303 e. The zero-order chi connectivity index (χ0) is 35.2. The van der Waals surface area contributed by atoms with Crippen LogP contribution in [0.1, 0.15) is 61.1 Å². The molecule has 1 saturated carbocycles. The van der Waals surface area contributed by atoms with Gasteiger partial charge in [0.2, 0.25) is 11.8 Å². The maximum atomic E-state index is 15.1. The Hall–Kier alpha value is -5.31. The average molecular weight is 674 g/mol. The van der Waals surface area contributed by atoms with Crippen LogP contribution in [0.3, 0.4) is 0 Å². The second-order valence-electron chi connectivity index (χ2n) is 13.7. The van der Waals surface area contributed by atoms with E-state index < -0.39 is 41.0 Å². The largest absolute Gasteiger partial charge is 0.508 e. The van der Waals surface area contributed by atoms with E-state index in [1.807, 2.05) is 54.6 Å². The van der Waals surface area contributed by atoms with E-state index in [1.54, 1.807) is 24.3 Å². The Bertz CT molecular complexity index is 1930. The molecule has 0 radical (unpaired) electrons. The average Bonchev–Trinajstić information content (AvgIpc) is 3.37. The number of ether oxygens (including phenoxy) is 1. The first-order valence-corrected chi connectivity index (χ1v) is 17.2. The number of aliphatic carboxylic acids is 1. The number of phenols is 1. The SMILES string of the molecule is COc1ccc(O)c(C2C3=CCC4C(=O)N(CCCCCC(=O)O)C(=O)C4C3CC3C(=O)C(c4ccccc4)=CC(=O)C32c2ccccc2)c1. The molecule has 1 saturated heterocycles. The first kappa shape index (κ1) is 33.2. The molecular formula is C41H39NO8. The summed E-state index contributed by atoms with van der Waals surface area (Å²) in [7, 11) is 1.52. The Kier molecular flexibility index (Phi) is 8.76. The van der Waals surface area contributed by atoms with Gasteiger partial charge in [0, 0.05) is 35.9 Å². The summed E-state index contributed by atoms with van der Waals surface area (Å²) < 4.78 is 5.58. The Balaban J connectivity index is 1.39. The van der Waals surface area contributed by atoms with Crippen molar-refractivity contribution in [1.29, 1.82) is 0 Å². The molecule has 0 spiro atoms. The summed E-state index contributed by atoms with van der Waals surface area (Å²) >= 11 is 0. The van der Waals surface area contributed by atoms with Crippen LogP contribution in [0.2, 0.25) is 0 Å². The number of likely N-dealkylation sites (tertiary alicyclic amines) is 1. The minimum atomic E-state index is -1.45. The van der Waals surface area contributed by atoms with E-state index in [-0.39, 0.29) is 54.9 Å². The molecule has 50 heavy (non-hydrogen) atoms. The molecule has 3 aromatic rings. The van der Waals surface area contributed by atoms with Gasteiger partial charge in [-0.15, -0.1) is 0 Å². The van der Waals surface area contributed by atoms with Crippen molar-refractivity contribution < 1.29 is 38.9 Å². The highest BCUT2D eigenvalue weighted by molar-refractivity contribution is 6.31. The van der Waals surface area contributed by atoms with E-state index in [4.69, 9.17) is 9.84 Å². The number of allylic oxidation sites excluding steroid dienone is 4. The number of hydrogen-bond donors (Lipinski definition) is 2. The molecule has 3 aromatic carbocycles. The number of phenolic OH excluding ortho intramolecular Hbond substituents is 1. The van der Waals surface area contributed by atoms with Gasteiger partial charge in [0.15, 0.2) is 11.6 Å². The van der Waals surface area contributed by atoms with Crippen molar-refractivity contribution in [3.63, 3.8) is 0 Å². The molecule has 1 aliphatic heterocycles. The number of carboxylic acids is 1. The van der Waals surface area contributed by atoms with E-state index in [0.29, 0.717) is 47.3 Å². The van der Waals surface area contributed by atoms with Crippen molar-refractivity contribution in [2.45, 2.75) is 49.9 Å². The van der Waals surface area contributed by atoms with Crippen molar-refractivity contribution >= 4 is 34.9 Å². The zero-order valence-electron chi connectivity index (χ0n) is 27.8. The number of imide groups is 1. The predicted molar refractivity (Wildman–Crippen MR) is 184 cm³/mol. The summed E-state index contributed by atoms with van der Waals surface area (Å²) in [6.07, 6.45) is 5.40. The fourth-order valence-electron chi connectivity index (χ4n) is 9.12. The van der Waals surface area contributed by atoms with E-state index in [2.05, 4.69) is 0 Å². The van der Waals surface area contributed by atoms with E-state index in [1.165, 1.54) is 24.2 Å². The number of fused-ring (bicyclic) bond motifs is 4. The third kappa shape index (κ3) is 5.27. The van der Waals surface area contributed by atoms with Gasteiger partial charge in [0.05, 0.1) is 24.4 Å². The number of rotatable bonds is 10. The standard InChI is InChI=1S/C41H39NO8/c1-50-26-16-19-33(43)31(21-26)37-27-17-18-28-36(40(49)42(39(28)48)20-10-4-9-15-35(45)46)30(27)22-32-38(47)29(24-11-5-2-6-12-24)23-34(44)41(32,37)25-13-7-3-8-14-25/h2-3,5-8,11-14,16-17,19,21,23,28,30,32,36-37,43H,4,9-10,15,18,20,22H2,1H3,(H,45,46). The number of ketones is 2. The molecule has 256 valence electrons. The van der Waals surface area contributed by atoms with Gasteiger partial charge in [0.1, 0.15) is 11.5 Å². The summed E-state index contributed by atoms with van der Waals surface area (Å²) in [5.74, 6) is -5.20. The van der Waals surface area contributed by atoms with Crippen LogP contribution in [-0.2, 0) is 29.4 Å². The highest BCUT2D eigenvalue weighted by atomic mass is 16.5. The molecule has 9 nitrogen and oxygen atoms in total. The van der Waals surface area contributed by atoms with Gasteiger partial charge in [0.25, 0.3) is 0 Å². The molecule has 2 N–H and O–H groups in total. The Morgan fingerprint density at radius 2 is 1.62 bits per heavy atom. The molecule has 9 heteroatoms. The number of carbonyl (C=O) groups excluding carboxylic acids is 4. The summed E-state index contributed by atoms with van der Waals surface area (Å²) in [6.45, 7) is 0.197. The number of amides is 2. The number of nitrogens with zero attached hydrogens (tertiary/aromatic N) is 1. The number of aromatic hydroxyl groups is 1. The molecule has 7 rings (SSSR count). The third-order valence-electron chi connectivity index (χ3n) is 11.3. The van der Waals surface area contributed by atoms with Crippen molar-refractivity contribution in [1.82, 2.24) is 4.90 Å². The molecule has 3 aliphatic carbocycles. The highest BCUT2D eigenvalue weighted by Crippen LogP contribution is 2.64. The quantitative estimate of drug-likeness (QED) is 0.155. The number of benzene rings is 3. The van der Waals surface area contributed by atoms with E-state index in [0.717, 1.165) is 5.57 Å². The van der Waals surface area contributed by atoms with Crippen molar-refractivity contribution in [2.24, 2.45) is 23.7 Å². The van der Waals surface area contributed by atoms with Crippen LogP contribution in [0.25, 0.3) is 5.57 Å². The third-order valence-corrected chi connectivity index (χ3v) is 11.3. The lowest BCUT2D eigenvalue weighted by molar-refractivity contribution is -0.141. The summed E-state index contributed by atoms with van der Waals surface area (Å²) in [5.41, 5.74) is 1.28. The molecule has 6 atom stereocenters. The number of unbranched alkanes of at least 4 members (excludes halogenated alkanes) is 2. The van der Waals surface area contributed by atoms with E-state index in [9.17, 15) is 24.3 Å². The van der Waals surface area contributed by atoms with Crippen LogP contribution in [0.15, 0.2) is 96.6 Å². The second kappa shape index (κ2) is 13.2. The fraction of sp³-hybridized carbons (Fsp3) is 0.341. The van der Waals surface area contributed by atoms with Crippen molar-refractivity contribution in [2.75, 3.05) is 13.7 Å². The van der Waals surface area contributed by atoms with Crippen molar-refractivity contribution in [3.05, 3.63) is 113 Å². The van der Waals surface area contributed by atoms with Crippen LogP contribution in [0.5, 0.6) is 11.5 Å². The number of carboxylic acid groups (broad SMARTS) is 1. The van der Waals surface area contributed by atoms with Gasteiger partial charge in [-0.1, -0.05) is 78.7 Å². The second-order valence-corrected chi connectivity index (χ2v) is 13.7. The molecular weight excluding hydrogens is 634 g/mol. The van der Waals surface area contributed by atoms with Gasteiger partial charge in [-0.3, -0.25) is 28.9 Å². The van der Waals surface area contributed by atoms with Crippen LogP contribution in [0, 0.1) is 23.7 Å². The number of hydrogen-bond acceptors (Lipinski definition) is 7. The van der Waals surface area contributed by atoms with Crippen LogP contribution in [0.4, 0.5) is 0 Å². The van der Waals surface area contributed by atoms with Gasteiger partial charge in [-0.05, 0) is 67.0 Å². The monoisotopic (exact) mass is 673 g/mol. The number of methoxy groups -OCH3 is 1.